The van der Waals surface area contributed by atoms with Gasteiger partial charge in [-0.2, -0.15) is 0 Å². The largest absolute Gasteiger partial charge is 0.496 e. The number of likely N-dealkylation sites (tertiary alicyclic amines) is 1. The average molecular weight is 737 g/mol. The van der Waals surface area contributed by atoms with Crippen molar-refractivity contribution in [1.29, 1.82) is 0 Å². The minimum Gasteiger partial charge on any atom is -0.496 e. The van der Waals surface area contributed by atoms with Gasteiger partial charge in [0.1, 0.15) is 5.75 Å². The van der Waals surface area contributed by atoms with Crippen molar-refractivity contribution < 1.29 is 28.9 Å². The molecule has 1 atom stereocenters. The molecule has 1 fully saturated rings. The number of aliphatic hydroxyl groups is 1. The van der Waals surface area contributed by atoms with E-state index in [1.807, 2.05) is 59.5 Å². The number of hydrogen-bond donors (Lipinski definition) is 3. The van der Waals surface area contributed by atoms with Crippen molar-refractivity contribution in [2.24, 2.45) is 0 Å². The van der Waals surface area contributed by atoms with Crippen molar-refractivity contribution in [1.82, 2.24) is 25.5 Å². The zero-order valence-corrected chi connectivity index (χ0v) is 30.7. The van der Waals surface area contributed by atoms with Crippen molar-refractivity contribution >= 4 is 35.1 Å². The molecule has 270 valence electrons. The van der Waals surface area contributed by atoms with Crippen LogP contribution in [0.25, 0.3) is 33.6 Å². The summed E-state index contributed by atoms with van der Waals surface area (Å²) in [5, 5.41) is 17.3. The first-order chi connectivity index (χ1) is 24.7. The first kappa shape index (κ1) is 38.0. The Balaban J connectivity index is 1.35. The summed E-state index contributed by atoms with van der Waals surface area (Å²) < 4.78 is 16.1. The SMILES string of the molecule is COC(=O)CC(CO)NCc1ccc(-c2nccc(-c3cccc(-c4ccc(CNC5CCN(C(C)=O)CC5)c(OC)n4)c3Cl)c2Cl)cc1OC. The van der Waals surface area contributed by atoms with E-state index in [1.165, 1.54) is 7.11 Å². The van der Waals surface area contributed by atoms with Gasteiger partial charge in [-0.05, 0) is 31.0 Å². The van der Waals surface area contributed by atoms with Crippen LogP contribution < -0.4 is 20.1 Å². The summed E-state index contributed by atoms with van der Waals surface area (Å²) in [5.74, 6) is 0.811. The molecule has 0 aliphatic carbocycles. The second kappa shape index (κ2) is 17.8. The van der Waals surface area contributed by atoms with Crippen LogP contribution in [0.1, 0.15) is 37.3 Å². The van der Waals surface area contributed by atoms with Gasteiger partial charge in [0.2, 0.25) is 11.8 Å². The summed E-state index contributed by atoms with van der Waals surface area (Å²) in [5.41, 5.74) is 5.86. The summed E-state index contributed by atoms with van der Waals surface area (Å²) in [6.07, 6.45) is 3.53. The fourth-order valence-electron chi connectivity index (χ4n) is 6.15. The molecular weight excluding hydrogens is 693 g/mol. The van der Waals surface area contributed by atoms with E-state index in [9.17, 15) is 14.7 Å². The molecule has 11 nitrogen and oxygen atoms in total. The lowest BCUT2D eigenvalue weighted by molar-refractivity contribution is -0.141. The van der Waals surface area contributed by atoms with Gasteiger partial charge in [-0.15, -0.1) is 0 Å². The zero-order chi connectivity index (χ0) is 36.5. The van der Waals surface area contributed by atoms with Gasteiger partial charge in [-0.25, -0.2) is 4.98 Å². The molecule has 1 amide bonds. The molecule has 13 heteroatoms. The van der Waals surface area contributed by atoms with E-state index in [1.54, 1.807) is 27.3 Å². The third-order valence-corrected chi connectivity index (χ3v) is 9.90. The van der Waals surface area contributed by atoms with E-state index >= 15 is 0 Å². The first-order valence-corrected chi connectivity index (χ1v) is 17.5. The summed E-state index contributed by atoms with van der Waals surface area (Å²) in [6.45, 7) is 3.85. The number of piperidine rings is 1. The molecule has 4 aromatic rings. The van der Waals surface area contributed by atoms with Gasteiger partial charge >= 0.3 is 5.97 Å². The molecule has 0 radical (unpaired) electrons. The van der Waals surface area contributed by atoms with E-state index in [4.69, 9.17) is 42.4 Å². The molecule has 51 heavy (non-hydrogen) atoms. The van der Waals surface area contributed by atoms with Gasteiger partial charge in [0.25, 0.3) is 0 Å². The van der Waals surface area contributed by atoms with E-state index in [0.717, 1.165) is 53.7 Å². The molecule has 1 aliphatic heterocycles. The number of esters is 1. The number of aromatic nitrogens is 2. The van der Waals surface area contributed by atoms with Crippen molar-refractivity contribution in [2.45, 2.75) is 51.4 Å². The molecular formula is C38H43Cl2N5O6. The molecule has 3 N–H and O–H groups in total. The minimum absolute atomic E-state index is 0.0418. The van der Waals surface area contributed by atoms with E-state index in [0.29, 0.717) is 57.8 Å². The maximum Gasteiger partial charge on any atom is 0.307 e. The Morgan fingerprint density at radius 2 is 1.67 bits per heavy atom. The molecule has 1 aliphatic rings. The monoisotopic (exact) mass is 735 g/mol. The normalized spacial score (nSPS) is 13.9. The van der Waals surface area contributed by atoms with Crippen LogP contribution in [-0.2, 0) is 27.4 Å². The summed E-state index contributed by atoms with van der Waals surface area (Å²) >= 11 is 14.1. The van der Waals surface area contributed by atoms with E-state index < -0.39 is 12.0 Å². The quantitative estimate of drug-likeness (QED) is 0.134. The molecule has 3 heterocycles. The molecule has 5 rings (SSSR count). The Morgan fingerprint density at radius 1 is 0.941 bits per heavy atom. The van der Waals surface area contributed by atoms with Crippen LogP contribution in [0, 0.1) is 0 Å². The summed E-state index contributed by atoms with van der Waals surface area (Å²) in [7, 11) is 4.49. The van der Waals surface area contributed by atoms with Crippen LogP contribution >= 0.6 is 23.2 Å². The molecule has 2 aromatic heterocycles. The van der Waals surface area contributed by atoms with Gasteiger partial charge in [0.05, 0.1) is 55.8 Å². The Labute approximate surface area is 308 Å². The summed E-state index contributed by atoms with van der Waals surface area (Å²) in [4.78, 5) is 34.6. The van der Waals surface area contributed by atoms with Crippen LogP contribution in [0.4, 0.5) is 0 Å². The number of methoxy groups -OCH3 is 3. The predicted octanol–water partition coefficient (Wildman–Crippen LogP) is 5.92. The highest BCUT2D eigenvalue weighted by atomic mass is 35.5. The first-order valence-electron chi connectivity index (χ1n) is 16.7. The van der Waals surface area contributed by atoms with Gasteiger partial charge < -0.3 is 34.9 Å². The second-order valence-electron chi connectivity index (χ2n) is 12.3. The highest BCUT2D eigenvalue weighted by Gasteiger charge is 2.22. The highest BCUT2D eigenvalue weighted by molar-refractivity contribution is 6.39. The number of carbonyl (C=O) groups is 2. The Morgan fingerprint density at radius 3 is 2.35 bits per heavy atom. The third-order valence-electron chi connectivity index (χ3n) is 9.11. The van der Waals surface area contributed by atoms with Crippen LogP contribution in [0.2, 0.25) is 10.0 Å². The number of halogens is 2. The van der Waals surface area contributed by atoms with Crippen molar-refractivity contribution in [3.8, 4) is 45.3 Å². The fourth-order valence-corrected chi connectivity index (χ4v) is 6.80. The number of carbonyl (C=O) groups excluding carboxylic acids is 2. The molecule has 1 saturated heterocycles. The van der Waals surface area contributed by atoms with Crippen LogP contribution in [0.5, 0.6) is 11.6 Å². The number of rotatable bonds is 14. The molecule has 2 aromatic carbocycles. The number of nitrogens with zero attached hydrogens (tertiary/aromatic N) is 3. The summed E-state index contributed by atoms with van der Waals surface area (Å²) in [6, 6.07) is 17.0. The topological polar surface area (TPSA) is 135 Å². The van der Waals surface area contributed by atoms with Crippen molar-refractivity contribution in [3.05, 3.63) is 82.0 Å². The van der Waals surface area contributed by atoms with Crippen molar-refractivity contribution in [2.75, 3.05) is 41.0 Å². The Bertz CT molecular complexity index is 1850. The minimum atomic E-state index is -0.463. The molecule has 1 unspecified atom stereocenters. The van der Waals surface area contributed by atoms with Gasteiger partial charge in [0.15, 0.2) is 0 Å². The number of pyridine rings is 2. The maximum absolute atomic E-state index is 11.7. The standard InChI is InChI=1S/C38H43Cl2N5O6/c1-23(47)45-16-13-27(14-17-45)42-21-26-10-11-32(44-38(26)51-4)31-7-5-6-29(35(31)39)30-12-15-41-37(36(30)40)24-8-9-25(33(18-24)49-2)20-43-28(22-46)19-34(48)50-3/h5-12,15,18,27-28,42-43,46H,13-14,16-17,19-22H2,1-4H3. The highest BCUT2D eigenvalue weighted by Crippen LogP contribution is 2.42. The number of benzene rings is 2. The number of aliphatic hydroxyl groups excluding tert-OH is 1. The molecule has 0 bridgehead atoms. The van der Waals surface area contributed by atoms with Gasteiger partial charge in [-0.1, -0.05) is 59.6 Å². The lowest BCUT2D eigenvalue weighted by Gasteiger charge is -2.31. The Hall–Kier alpha value is -4.26. The van der Waals surface area contributed by atoms with Gasteiger partial charge in [0, 0.05) is 84.8 Å². The van der Waals surface area contributed by atoms with Crippen LogP contribution in [0.15, 0.2) is 60.8 Å². The average Bonchev–Trinajstić information content (AvgIpc) is 3.16. The number of amides is 1. The lowest BCUT2D eigenvalue weighted by Crippen LogP contribution is -2.44. The number of ether oxygens (including phenoxy) is 3. The van der Waals surface area contributed by atoms with Crippen LogP contribution in [-0.4, -0.2) is 85.0 Å². The maximum atomic E-state index is 11.7. The smallest absolute Gasteiger partial charge is 0.307 e. The number of nitrogens with one attached hydrogen (secondary N) is 2. The second-order valence-corrected chi connectivity index (χ2v) is 13.0. The van der Waals surface area contributed by atoms with E-state index in [2.05, 4.69) is 15.6 Å². The predicted molar refractivity (Wildman–Crippen MR) is 198 cm³/mol. The Kier molecular flexibility index (Phi) is 13.2. The lowest BCUT2D eigenvalue weighted by atomic mass is 9.99. The van der Waals surface area contributed by atoms with Crippen LogP contribution in [0.3, 0.4) is 0 Å². The van der Waals surface area contributed by atoms with E-state index in [-0.39, 0.29) is 18.9 Å². The zero-order valence-electron chi connectivity index (χ0n) is 29.2. The fraction of sp³-hybridized carbons (Fsp3) is 0.368. The molecule has 0 saturated carbocycles. The van der Waals surface area contributed by atoms with Crippen molar-refractivity contribution in [3.63, 3.8) is 0 Å². The van der Waals surface area contributed by atoms with Gasteiger partial charge in [-0.3, -0.25) is 14.6 Å². The third kappa shape index (κ3) is 9.16. The molecule has 0 spiro atoms. The number of hydrogen-bond acceptors (Lipinski definition) is 10.